The number of hydrogen-bond acceptors (Lipinski definition) is 3. The van der Waals surface area contributed by atoms with E-state index in [-0.39, 0.29) is 24.4 Å². The van der Waals surface area contributed by atoms with Crippen LogP contribution in [-0.4, -0.2) is 18.2 Å². The van der Waals surface area contributed by atoms with Gasteiger partial charge in [-0.3, -0.25) is 4.79 Å². The summed E-state index contributed by atoms with van der Waals surface area (Å²) >= 11 is 7.93. The summed E-state index contributed by atoms with van der Waals surface area (Å²) in [7, 11) is 0. The first kappa shape index (κ1) is 19.6. The maximum absolute atomic E-state index is 12.7. The van der Waals surface area contributed by atoms with Gasteiger partial charge in [-0.1, -0.05) is 25.4 Å². The summed E-state index contributed by atoms with van der Waals surface area (Å²) in [5.74, 6) is 1.07. The third-order valence-corrected chi connectivity index (χ3v) is 5.90. The molecule has 0 spiro atoms. The van der Waals surface area contributed by atoms with E-state index in [2.05, 4.69) is 5.32 Å². The van der Waals surface area contributed by atoms with Crippen molar-refractivity contribution in [3.8, 4) is 0 Å². The van der Waals surface area contributed by atoms with Gasteiger partial charge < -0.3 is 11.1 Å². The minimum Gasteiger partial charge on any atom is -0.349 e. The van der Waals surface area contributed by atoms with Crippen LogP contribution in [0.3, 0.4) is 0 Å². The zero-order chi connectivity index (χ0) is 15.5. The Morgan fingerprint density at radius 3 is 2.73 bits per heavy atom. The summed E-state index contributed by atoms with van der Waals surface area (Å²) in [4.78, 5) is 13.9. The number of halogens is 2. The van der Waals surface area contributed by atoms with Crippen LogP contribution in [0.1, 0.15) is 44.7 Å². The van der Waals surface area contributed by atoms with E-state index in [1.807, 2.05) is 43.8 Å². The number of benzene rings is 1. The number of fused-ring (bicyclic) bond motifs is 1. The van der Waals surface area contributed by atoms with Crippen LogP contribution in [0.15, 0.2) is 23.1 Å². The molecule has 0 bridgehead atoms. The lowest BCUT2D eigenvalue weighted by molar-refractivity contribution is -0.131. The van der Waals surface area contributed by atoms with Gasteiger partial charge in [-0.25, -0.2) is 0 Å². The SMILES string of the molecule is CCC(CC)(CN)C(=O)NC1CCSc2ccc(Cl)cc21.Cl. The molecule has 0 aromatic heterocycles. The summed E-state index contributed by atoms with van der Waals surface area (Å²) in [6.07, 6.45) is 2.45. The van der Waals surface area contributed by atoms with Crippen molar-refractivity contribution in [3.05, 3.63) is 28.8 Å². The van der Waals surface area contributed by atoms with Gasteiger partial charge in [0.2, 0.25) is 5.91 Å². The molecule has 1 aromatic carbocycles. The second-order valence-corrected chi connectivity index (χ2v) is 7.11. The maximum Gasteiger partial charge on any atom is 0.227 e. The molecule has 1 unspecified atom stereocenters. The number of carbonyl (C=O) groups excluding carboxylic acids is 1. The molecular formula is C16H24Cl2N2OS. The van der Waals surface area contributed by atoms with Crippen LogP contribution in [0.5, 0.6) is 0 Å². The molecule has 6 heteroatoms. The van der Waals surface area contributed by atoms with E-state index in [0.29, 0.717) is 11.6 Å². The minimum atomic E-state index is -0.455. The average molecular weight is 363 g/mol. The zero-order valence-electron chi connectivity index (χ0n) is 13.0. The van der Waals surface area contributed by atoms with Gasteiger partial charge in [0, 0.05) is 22.2 Å². The van der Waals surface area contributed by atoms with Crippen LogP contribution in [0.4, 0.5) is 0 Å². The topological polar surface area (TPSA) is 55.1 Å². The van der Waals surface area contributed by atoms with Crippen LogP contribution in [0.2, 0.25) is 5.02 Å². The molecule has 1 heterocycles. The van der Waals surface area contributed by atoms with Crippen molar-refractivity contribution in [1.82, 2.24) is 5.32 Å². The van der Waals surface area contributed by atoms with Crippen molar-refractivity contribution in [3.63, 3.8) is 0 Å². The largest absolute Gasteiger partial charge is 0.349 e. The van der Waals surface area contributed by atoms with Gasteiger partial charge in [-0.15, -0.1) is 24.2 Å². The highest BCUT2D eigenvalue weighted by Gasteiger charge is 2.35. The van der Waals surface area contributed by atoms with E-state index in [9.17, 15) is 4.79 Å². The van der Waals surface area contributed by atoms with Crippen molar-refractivity contribution < 1.29 is 4.79 Å². The van der Waals surface area contributed by atoms with Crippen LogP contribution in [0.25, 0.3) is 0 Å². The minimum absolute atomic E-state index is 0. The highest BCUT2D eigenvalue weighted by Crippen LogP contribution is 2.38. The van der Waals surface area contributed by atoms with E-state index >= 15 is 0 Å². The van der Waals surface area contributed by atoms with Gasteiger partial charge in [0.1, 0.15) is 0 Å². The Balaban J connectivity index is 0.00000242. The molecule has 1 amide bonds. The maximum atomic E-state index is 12.7. The molecule has 1 aliphatic heterocycles. The molecule has 1 aliphatic rings. The molecule has 1 aromatic rings. The van der Waals surface area contributed by atoms with Crippen LogP contribution >= 0.6 is 35.8 Å². The predicted molar refractivity (Wildman–Crippen MR) is 97.0 cm³/mol. The van der Waals surface area contributed by atoms with Crippen molar-refractivity contribution in [2.75, 3.05) is 12.3 Å². The molecule has 0 aliphatic carbocycles. The van der Waals surface area contributed by atoms with Gasteiger partial charge in [0.05, 0.1) is 11.5 Å². The monoisotopic (exact) mass is 362 g/mol. The predicted octanol–water partition coefficient (Wildman–Crippen LogP) is 4.18. The van der Waals surface area contributed by atoms with E-state index < -0.39 is 5.41 Å². The van der Waals surface area contributed by atoms with Gasteiger partial charge >= 0.3 is 0 Å². The van der Waals surface area contributed by atoms with Crippen molar-refractivity contribution in [1.29, 1.82) is 0 Å². The summed E-state index contributed by atoms with van der Waals surface area (Å²) in [6.45, 7) is 4.44. The molecule has 1 atom stereocenters. The van der Waals surface area contributed by atoms with Gasteiger partial charge in [-0.05, 0) is 43.0 Å². The molecule has 22 heavy (non-hydrogen) atoms. The molecular weight excluding hydrogens is 339 g/mol. The van der Waals surface area contributed by atoms with Crippen LogP contribution in [-0.2, 0) is 4.79 Å². The lowest BCUT2D eigenvalue weighted by atomic mass is 9.81. The number of rotatable bonds is 5. The van der Waals surface area contributed by atoms with Crippen molar-refractivity contribution in [2.45, 2.75) is 44.0 Å². The molecule has 0 saturated heterocycles. The molecule has 0 fully saturated rings. The normalized spacial score (nSPS) is 17.4. The highest BCUT2D eigenvalue weighted by molar-refractivity contribution is 7.99. The molecule has 124 valence electrons. The van der Waals surface area contributed by atoms with E-state index in [0.717, 1.165) is 30.6 Å². The Kier molecular flexibility index (Phi) is 7.53. The Morgan fingerprint density at radius 2 is 2.14 bits per heavy atom. The first-order chi connectivity index (χ1) is 10.1. The fourth-order valence-electron chi connectivity index (χ4n) is 2.78. The van der Waals surface area contributed by atoms with Crippen LogP contribution in [0, 0.1) is 5.41 Å². The zero-order valence-corrected chi connectivity index (χ0v) is 15.4. The van der Waals surface area contributed by atoms with Crippen LogP contribution < -0.4 is 11.1 Å². The lowest BCUT2D eigenvalue weighted by Crippen LogP contribution is -2.46. The number of amides is 1. The quantitative estimate of drug-likeness (QED) is 0.825. The fraction of sp³-hybridized carbons (Fsp3) is 0.562. The summed E-state index contributed by atoms with van der Waals surface area (Å²) < 4.78 is 0. The first-order valence-electron chi connectivity index (χ1n) is 7.49. The highest BCUT2D eigenvalue weighted by atomic mass is 35.5. The molecule has 0 radical (unpaired) electrons. The Bertz CT molecular complexity index is 513. The summed E-state index contributed by atoms with van der Waals surface area (Å²) in [5, 5.41) is 3.92. The third-order valence-electron chi connectivity index (χ3n) is 4.54. The summed E-state index contributed by atoms with van der Waals surface area (Å²) in [6, 6.07) is 5.95. The smallest absolute Gasteiger partial charge is 0.227 e. The molecule has 3 N–H and O–H groups in total. The lowest BCUT2D eigenvalue weighted by Gasteiger charge is -2.33. The Hall–Kier alpha value is -0.420. The summed E-state index contributed by atoms with van der Waals surface area (Å²) in [5.41, 5.74) is 6.54. The third kappa shape index (κ3) is 3.91. The van der Waals surface area contributed by atoms with E-state index in [1.165, 1.54) is 4.90 Å². The molecule has 3 nitrogen and oxygen atoms in total. The number of nitrogens with one attached hydrogen (secondary N) is 1. The second kappa shape index (κ2) is 8.44. The first-order valence-corrected chi connectivity index (χ1v) is 8.86. The Morgan fingerprint density at radius 1 is 1.45 bits per heavy atom. The second-order valence-electron chi connectivity index (χ2n) is 5.54. The average Bonchev–Trinajstić information content (AvgIpc) is 2.50. The van der Waals surface area contributed by atoms with Crippen molar-refractivity contribution >= 4 is 41.7 Å². The number of nitrogens with two attached hydrogens (primary N) is 1. The number of thioether (sulfide) groups is 1. The fourth-order valence-corrected chi connectivity index (χ4v) is 4.07. The molecule has 2 rings (SSSR count). The standard InChI is InChI=1S/C16H23ClN2OS.ClH/c1-3-16(4-2,10-18)15(20)19-13-7-8-21-14-6-5-11(17)9-12(13)14;/h5-6,9,13H,3-4,7-8,10,18H2,1-2H3,(H,19,20);1H. The van der Waals surface area contributed by atoms with Gasteiger partial charge in [0.25, 0.3) is 0 Å². The van der Waals surface area contributed by atoms with E-state index in [1.54, 1.807) is 0 Å². The molecule has 0 saturated carbocycles. The van der Waals surface area contributed by atoms with Gasteiger partial charge in [-0.2, -0.15) is 0 Å². The Labute approximate surface area is 148 Å². The van der Waals surface area contributed by atoms with Gasteiger partial charge in [0.15, 0.2) is 0 Å². The van der Waals surface area contributed by atoms with E-state index in [4.69, 9.17) is 17.3 Å². The number of hydrogen-bond donors (Lipinski definition) is 2. The van der Waals surface area contributed by atoms with Crippen molar-refractivity contribution in [2.24, 2.45) is 11.1 Å². The number of carbonyl (C=O) groups is 1.